The zero-order chi connectivity index (χ0) is 45.1. The Labute approximate surface area is 370 Å². The summed E-state index contributed by atoms with van der Waals surface area (Å²) in [6.45, 7) is 3.75. The molecule has 0 heterocycles. The number of carbonyl (C=O) groups is 1. The van der Waals surface area contributed by atoms with Gasteiger partial charge in [-0.15, -0.1) is 0 Å². The van der Waals surface area contributed by atoms with Crippen LogP contribution in [-0.2, 0) is 18.4 Å². The summed E-state index contributed by atoms with van der Waals surface area (Å²) in [5.41, 5.74) is 0. The van der Waals surface area contributed by atoms with Crippen LogP contribution in [0.1, 0.15) is 219 Å². The van der Waals surface area contributed by atoms with Gasteiger partial charge in [0, 0.05) is 0 Å². The minimum Gasteiger partial charge on any atom is -0.393 e. The molecule has 1 rings (SSSR count). The highest BCUT2D eigenvalue weighted by molar-refractivity contribution is 7.47. The number of carbonyl (C=O) groups excluding carboxylic acids is 1. The summed E-state index contributed by atoms with van der Waals surface area (Å²) in [7, 11) is -5.14. The molecule has 61 heavy (non-hydrogen) atoms. The number of unbranched alkanes of at least 4 members (excludes halogenated alkanes) is 28. The Bertz CT molecular complexity index is 1100. The van der Waals surface area contributed by atoms with Crippen molar-refractivity contribution in [2.75, 3.05) is 6.61 Å². The first-order valence-electron chi connectivity index (χ1n) is 24.7. The normalized spacial score (nSPS) is 23.2. The Hall–Kier alpha value is -0.960. The number of aliphatic hydroxyl groups is 7. The molecule has 1 fully saturated rings. The van der Waals surface area contributed by atoms with Crippen LogP contribution < -0.4 is 5.32 Å². The van der Waals surface area contributed by atoms with E-state index in [0.717, 1.165) is 44.9 Å². The van der Waals surface area contributed by atoms with Crippen LogP contribution >= 0.6 is 7.82 Å². The maximum Gasteiger partial charge on any atom is 0.472 e. The number of phosphoric ester groups is 1. The molecule has 1 saturated carbocycles. The number of rotatable bonds is 41. The average Bonchev–Trinajstić information content (AvgIpc) is 3.23. The van der Waals surface area contributed by atoms with E-state index in [-0.39, 0.29) is 6.42 Å². The molecule has 0 aliphatic heterocycles. The number of aliphatic hydroxyl groups excluding tert-OH is 7. The molecule has 1 amide bonds. The Balaban J connectivity index is 2.51. The fraction of sp³-hybridized carbons (Fsp3) is 0.936. The fourth-order valence-electron chi connectivity index (χ4n) is 8.07. The first-order chi connectivity index (χ1) is 29.3. The lowest BCUT2D eigenvalue weighted by molar-refractivity contribution is -0.220. The van der Waals surface area contributed by atoms with Crippen LogP contribution in [0.4, 0.5) is 0 Å². The molecule has 0 spiro atoms. The second-order valence-corrected chi connectivity index (χ2v) is 19.3. The third-order valence-electron chi connectivity index (χ3n) is 12.1. The van der Waals surface area contributed by atoms with E-state index in [1.54, 1.807) is 6.08 Å². The summed E-state index contributed by atoms with van der Waals surface area (Å²) < 4.78 is 22.9. The summed E-state index contributed by atoms with van der Waals surface area (Å²) in [5, 5.41) is 74.5. The standard InChI is InChI=1S/C47H92NO12P/c1-3-5-7-9-11-13-15-17-19-21-22-24-26-28-30-32-34-38(49)36-41(51)48-39(37-59-61(57,58)60-47-45(55)43(53)42(52)44(54)46(47)56)40(50)35-33-31-29-27-25-23-20-18-16-14-12-10-8-6-4-2/h33,35,38-40,42-47,49-50,52-56H,3-32,34,36-37H2,1-2H3,(H,48,51)(H,57,58)/b35-33+. The van der Waals surface area contributed by atoms with E-state index in [9.17, 15) is 50.0 Å². The number of hydrogen-bond acceptors (Lipinski definition) is 11. The van der Waals surface area contributed by atoms with Crippen LogP contribution in [0.3, 0.4) is 0 Å². The van der Waals surface area contributed by atoms with Crippen molar-refractivity contribution in [1.29, 1.82) is 0 Å². The molecular weight excluding hydrogens is 801 g/mol. The molecule has 0 bridgehead atoms. The molecule has 8 unspecified atom stereocenters. The lowest BCUT2D eigenvalue weighted by Gasteiger charge is -2.41. The van der Waals surface area contributed by atoms with Crippen molar-refractivity contribution in [3.05, 3.63) is 12.2 Å². The largest absolute Gasteiger partial charge is 0.472 e. The highest BCUT2D eigenvalue weighted by Gasteiger charge is 2.51. The van der Waals surface area contributed by atoms with Gasteiger partial charge in [0.25, 0.3) is 0 Å². The molecule has 13 nitrogen and oxygen atoms in total. The zero-order valence-corrected chi connectivity index (χ0v) is 39.2. The summed E-state index contributed by atoms with van der Waals surface area (Å²) >= 11 is 0. The van der Waals surface area contributed by atoms with Gasteiger partial charge in [0.15, 0.2) is 0 Å². The van der Waals surface area contributed by atoms with Gasteiger partial charge in [0.1, 0.15) is 36.6 Å². The predicted molar refractivity (Wildman–Crippen MR) is 243 cm³/mol. The van der Waals surface area contributed by atoms with E-state index >= 15 is 0 Å². The number of hydrogen-bond donors (Lipinski definition) is 9. The van der Waals surface area contributed by atoms with Gasteiger partial charge in [-0.3, -0.25) is 13.8 Å². The fourth-order valence-corrected chi connectivity index (χ4v) is 9.03. The van der Waals surface area contributed by atoms with E-state index in [0.29, 0.717) is 12.8 Å². The molecule has 0 aromatic carbocycles. The SMILES string of the molecule is CCCCCCCCCCCCCCC/C=C/C(O)C(COP(=O)(O)OC1C(O)C(O)C(O)C(O)C1O)NC(=O)CC(O)CCCCCCCCCCCCCCCCCC. The lowest BCUT2D eigenvalue weighted by atomic mass is 9.85. The van der Waals surface area contributed by atoms with Gasteiger partial charge >= 0.3 is 7.82 Å². The van der Waals surface area contributed by atoms with Gasteiger partial charge in [0.2, 0.25) is 5.91 Å². The molecule has 1 aliphatic rings. The first-order valence-corrected chi connectivity index (χ1v) is 26.2. The molecular formula is C47H92NO12P. The van der Waals surface area contributed by atoms with E-state index in [2.05, 4.69) is 19.2 Å². The van der Waals surface area contributed by atoms with Gasteiger partial charge in [-0.25, -0.2) is 4.57 Å². The topological polar surface area (TPSA) is 226 Å². The molecule has 0 saturated heterocycles. The number of amides is 1. The third kappa shape index (κ3) is 29.2. The predicted octanol–water partition coefficient (Wildman–Crippen LogP) is 8.59. The summed E-state index contributed by atoms with van der Waals surface area (Å²) in [4.78, 5) is 23.5. The molecule has 9 N–H and O–H groups in total. The van der Waals surface area contributed by atoms with Crippen LogP contribution in [0.15, 0.2) is 12.2 Å². The molecule has 0 aromatic rings. The van der Waals surface area contributed by atoms with Crippen molar-refractivity contribution in [2.45, 2.75) is 274 Å². The van der Waals surface area contributed by atoms with Crippen molar-refractivity contribution < 1.29 is 59.0 Å². The maximum absolute atomic E-state index is 13.0. The maximum atomic E-state index is 13.0. The van der Waals surface area contributed by atoms with Crippen molar-refractivity contribution in [2.24, 2.45) is 0 Å². The molecule has 362 valence electrons. The molecule has 0 radical (unpaired) electrons. The second kappa shape index (κ2) is 37.3. The van der Waals surface area contributed by atoms with Gasteiger partial charge in [-0.1, -0.05) is 206 Å². The summed E-state index contributed by atoms with van der Waals surface area (Å²) in [5.74, 6) is -0.589. The van der Waals surface area contributed by atoms with Crippen molar-refractivity contribution in [1.82, 2.24) is 5.32 Å². The lowest BCUT2D eigenvalue weighted by Crippen LogP contribution is -2.64. The van der Waals surface area contributed by atoms with Crippen molar-refractivity contribution in [3.63, 3.8) is 0 Å². The van der Waals surface area contributed by atoms with Gasteiger partial charge < -0.3 is 46.0 Å². The molecule has 1 aliphatic carbocycles. The van der Waals surface area contributed by atoms with Gasteiger partial charge in [0.05, 0.1) is 31.3 Å². The highest BCUT2D eigenvalue weighted by Crippen LogP contribution is 2.47. The van der Waals surface area contributed by atoms with E-state index in [1.807, 2.05) is 0 Å². The van der Waals surface area contributed by atoms with Crippen LogP contribution in [0, 0.1) is 0 Å². The van der Waals surface area contributed by atoms with Crippen molar-refractivity contribution in [3.8, 4) is 0 Å². The zero-order valence-electron chi connectivity index (χ0n) is 38.3. The molecule has 14 heteroatoms. The number of allylic oxidation sites excluding steroid dienone is 1. The first kappa shape index (κ1) is 58.1. The van der Waals surface area contributed by atoms with Crippen LogP contribution in [-0.4, -0.2) is 108 Å². The minimum atomic E-state index is -5.14. The van der Waals surface area contributed by atoms with E-state index < -0.39 is 75.2 Å². The van der Waals surface area contributed by atoms with Gasteiger partial charge in [-0.2, -0.15) is 0 Å². The summed E-state index contributed by atoms with van der Waals surface area (Å²) in [6, 6.07) is -1.23. The Morgan fingerprint density at radius 1 is 0.574 bits per heavy atom. The Kier molecular flexibility index (Phi) is 35.5. The van der Waals surface area contributed by atoms with E-state index in [4.69, 9.17) is 9.05 Å². The van der Waals surface area contributed by atoms with Gasteiger partial charge in [-0.05, 0) is 19.3 Å². The third-order valence-corrected chi connectivity index (χ3v) is 13.1. The van der Waals surface area contributed by atoms with Crippen LogP contribution in [0.2, 0.25) is 0 Å². The van der Waals surface area contributed by atoms with E-state index in [1.165, 1.54) is 147 Å². The molecule has 8 atom stereocenters. The number of nitrogens with one attached hydrogen (secondary N) is 1. The Morgan fingerprint density at radius 2 is 0.934 bits per heavy atom. The smallest absolute Gasteiger partial charge is 0.393 e. The average molecular weight is 894 g/mol. The quantitative estimate of drug-likeness (QED) is 0.0160. The minimum absolute atomic E-state index is 0.240. The highest BCUT2D eigenvalue weighted by atomic mass is 31.2. The second-order valence-electron chi connectivity index (χ2n) is 17.9. The number of phosphoric acid groups is 1. The van der Waals surface area contributed by atoms with Crippen molar-refractivity contribution >= 4 is 13.7 Å². The molecule has 0 aromatic heterocycles. The monoisotopic (exact) mass is 894 g/mol. The van der Waals surface area contributed by atoms with Crippen LogP contribution in [0.5, 0.6) is 0 Å². The van der Waals surface area contributed by atoms with Crippen LogP contribution in [0.25, 0.3) is 0 Å². The Morgan fingerprint density at radius 3 is 1.34 bits per heavy atom. The summed E-state index contributed by atoms with van der Waals surface area (Å²) in [6.07, 6.45) is 25.8.